The summed E-state index contributed by atoms with van der Waals surface area (Å²) in [5, 5.41) is 14.4. The molecule has 0 saturated carbocycles. The minimum atomic E-state index is -0.549. The zero-order chi connectivity index (χ0) is 16.1. The van der Waals surface area contributed by atoms with Crippen molar-refractivity contribution >= 4 is 11.5 Å². The molecule has 0 amide bonds. The molecule has 7 nitrogen and oxygen atoms in total. The van der Waals surface area contributed by atoms with Crippen molar-refractivity contribution in [3.8, 4) is 11.5 Å². The summed E-state index contributed by atoms with van der Waals surface area (Å²) in [5.74, 6) is 0.162. The fraction of sp³-hybridized carbons (Fsp3) is 0.533. The van der Waals surface area contributed by atoms with Crippen LogP contribution in [0.25, 0.3) is 0 Å². The van der Waals surface area contributed by atoms with Crippen LogP contribution in [0, 0.1) is 10.1 Å². The van der Waals surface area contributed by atoms with Crippen molar-refractivity contribution in [1.29, 1.82) is 0 Å². The minimum absolute atomic E-state index is 0.0743. The van der Waals surface area contributed by atoms with Crippen molar-refractivity contribution in [1.82, 2.24) is 5.32 Å². The van der Waals surface area contributed by atoms with E-state index < -0.39 is 4.92 Å². The van der Waals surface area contributed by atoms with Crippen LogP contribution in [0.5, 0.6) is 11.5 Å². The van der Waals surface area contributed by atoms with Crippen LogP contribution >= 0.6 is 0 Å². The van der Waals surface area contributed by atoms with Crippen molar-refractivity contribution in [2.24, 2.45) is 0 Å². The standard InChI is InChI=1S/C15H20N2O5/c1-3-21-13-9-10(14(18)11-6-5-7-16-11)8-12(17(19)20)15(13)22-4-2/h8-9,11,16H,3-7H2,1-2H3. The third-order valence-corrected chi connectivity index (χ3v) is 3.48. The Labute approximate surface area is 128 Å². The Morgan fingerprint density at radius 3 is 2.64 bits per heavy atom. The highest BCUT2D eigenvalue weighted by Crippen LogP contribution is 2.39. The highest BCUT2D eigenvalue weighted by Gasteiger charge is 2.29. The number of hydrogen-bond donors (Lipinski definition) is 1. The molecule has 1 aliphatic rings. The molecule has 1 saturated heterocycles. The Morgan fingerprint density at radius 1 is 1.36 bits per heavy atom. The average Bonchev–Trinajstić information content (AvgIpc) is 3.02. The molecule has 120 valence electrons. The van der Waals surface area contributed by atoms with Crippen LogP contribution in [-0.2, 0) is 0 Å². The van der Waals surface area contributed by atoms with E-state index in [0.29, 0.717) is 6.61 Å². The summed E-state index contributed by atoms with van der Waals surface area (Å²) >= 11 is 0. The van der Waals surface area contributed by atoms with Gasteiger partial charge in [0.1, 0.15) is 0 Å². The van der Waals surface area contributed by atoms with E-state index in [0.717, 1.165) is 19.4 Å². The topological polar surface area (TPSA) is 90.7 Å². The monoisotopic (exact) mass is 308 g/mol. The molecule has 1 heterocycles. The number of rotatable bonds is 7. The lowest BCUT2D eigenvalue weighted by Crippen LogP contribution is -2.30. The van der Waals surface area contributed by atoms with Crippen LogP contribution < -0.4 is 14.8 Å². The quantitative estimate of drug-likeness (QED) is 0.472. The molecule has 1 N–H and O–H groups in total. The Morgan fingerprint density at radius 2 is 2.09 bits per heavy atom. The number of carbonyl (C=O) groups is 1. The lowest BCUT2D eigenvalue weighted by atomic mass is 10.0. The van der Waals surface area contributed by atoms with Crippen LogP contribution in [0.4, 0.5) is 5.69 Å². The summed E-state index contributed by atoms with van der Waals surface area (Å²) in [5.41, 5.74) is 0.0344. The van der Waals surface area contributed by atoms with Crippen molar-refractivity contribution in [3.05, 3.63) is 27.8 Å². The minimum Gasteiger partial charge on any atom is -0.490 e. The van der Waals surface area contributed by atoms with Gasteiger partial charge in [-0.2, -0.15) is 0 Å². The van der Waals surface area contributed by atoms with E-state index in [9.17, 15) is 14.9 Å². The fourth-order valence-corrected chi connectivity index (χ4v) is 2.53. The maximum absolute atomic E-state index is 12.5. The molecule has 1 unspecified atom stereocenters. The number of ether oxygens (including phenoxy) is 2. The molecule has 1 aliphatic heterocycles. The number of ketones is 1. The fourth-order valence-electron chi connectivity index (χ4n) is 2.53. The lowest BCUT2D eigenvalue weighted by Gasteiger charge is -2.14. The van der Waals surface area contributed by atoms with Crippen molar-refractivity contribution in [2.75, 3.05) is 19.8 Å². The lowest BCUT2D eigenvalue weighted by molar-refractivity contribution is -0.386. The molecule has 1 atom stereocenters. The number of nitrogens with zero attached hydrogens (tertiary/aromatic N) is 1. The summed E-state index contributed by atoms with van der Waals surface area (Å²) in [6.07, 6.45) is 1.66. The number of Topliss-reactive ketones (excluding diaryl/α,β-unsaturated/α-hetero) is 1. The second-order valence-corrected chi connectivity index (χ2v) is 4.96. The van der Waals surface area contributed by atoms with Gasteiger partial charge in [0, 0.05) is 11.6 Å². The number of nitro benzene ring substituents is 1. The van der Waals surface area contributed by atoms with E-state index >= 15 is 0 Å². The zero-order valence-corrected chi connectivity index (χ0v) is 12.8. The molecule has 2 rings (SSSR count). The van der Waals surface area contributed by atoms with Crippen LogP contribution in [0.15, 0.2) is 12.1 Å². The van der Waals surface area contributed by atoms with Crippen molar-refractivity contribution in [3.63, 3.8) is 0 Å². The zero-order valence-electron chi connectivity index (χ0n) is 12.8. The summed E-state index contributed by atoms with van der Waals surface area (Å²) in [7, 11) is 0. The molecular weight excluding hydrogens is 288 g/mol. The Kier molecular flexibility index (Phi) is 5.32. The smallest absolute Gasteiger partial charge is 0.315 e. The first-order valence-corrected chi connectivity index (χ1v) is 7.44. The summed E-state index contributed by atoms with van der Waals surface area (Å²) in [6.45, 7) is 4.90. The molecular formula is C15H20N2O5. The average molecular weight is 308 g/mol. The summed E-state index contributed by atoms with van der Waals surface area (Å²) in [6, 6.07) is 2.52. The van der Waals surface area contributed by atoms with Gasteiger partial charge >= 0.3 is 5.69 Å². The first kappa shape index (κ1) is 16.2. The maximum atomic E-state index is 12.5. The summed E-state index contributed by atoms with van der Waals surface area (Å²) < 4.78 is 10.8. The Balaban J connectivity index is 2.46. The number of benzene rings is 1. The van der Waals surface area contributed by atoms with Gasteiger partial charge < -0.3 is 14.8 Å². The van der Waals surface area contributed by atoms with Crippen LogP contribution in [0.1, 0.15) is 37.0 Å². The maximum Gasteiger partial charge on any atom is 0.315 e. The van der Waals surface area contributed by atoms with E-state index in [4.69, 9.17) is 9.47 Å². The van der Waals surface area contributed by atoms with Gasteiger partial charge in [-0.25, -0.2) is 0 Å². The second kappa shape index (κ2) is 7.22. The first-order valence-electron chi connectivity index (χ1n) is 7.44. The van der Waals surface area contributed by atoms with E-state index in [1.165, 1.54) is 12.1 Å². The summed E-state index contributed by atoms with van der Waals surface area (Å²) in [4.78, 5) is 23.2. The third-order valence-electron chi connectivity index (χ3n) is 3.48. The Hall–Kier alpha value is -2.15. The third kappa shape index (κ3) is 3.36. The van der Waals surface area contributed by atoms with E-state index in [2.05, 4.69) is 5.32 Å². The molecule has 0 radical (unpaired) electrons. The van der Waals surface area contributed by atoms with Gasteiger partial charge in [0.05, 0.1) is 24.2 Å². The van der Waals surface area contributed by atoms with Crippen molar-refractivity contribution in [2.45, 2.75) is 32.7 Å². The van der Waals surface area contributed by atoms with E-state index in [-0.39, 0.29) is 41.2 Å². The van der Waals surface area contributed by atoms with Crippen LogP contribution in [0.3, 0.4) is 0 Å². The van der Waals surface area contributed by atoms with Gasteiger partial charge in [-0.05, 0) is 39.3 Å². The molecule has 1 fully saturated rings. The van der Waals surface area contributed by atoms with Gasteiger partial charge in [0.15, 0.2) is 11.5 Å². The van der Waals surface area contributed by atoms with E-state index in [1.54, 1.807) is 13.8 Å². The van der Waals surface area contributed by atoms with Crippen LogP contribution in [0.2, 0.25) is 0 Å². The predicted molar refractivity (Wildman–Crippen MR) is 80.8 cm³/mol. The molecule has 1 aromatic rings. The second-order valence-electron chi connectivity index (χ2n) is 4.96. The normalized spacial score (nSPS) is 17.3. The SMILES string of the molecule is CCOc1cc(C(=O)C2CCCN2)cc([N+](=O)[O-])c1OCC. The predicted octanol–water partition coefficient (Wildman–Crippen LogP) is 2.33. The molecule has 0 aromatic heterocycles. The Bertz CT molecular complexity index is 567. The van der Waals surface area contributed by atoms with Gasteiger partial charge in [-0.1, -0.05) is 0 Å². The van der Waals surface area contributed by atoms with E-state index in [1.807, 2.05) is 0 Å². The number of nitrogens with one attached hydrogen (secondary N) is 1. The molecule has 0 bridgehead atoms. The molecule has 0 aliphatic carbocycles. The van der Waals surface area contributed by atoms with Gasteiger partial charge in [0.2, 0.25) is 5.75 Å². The number of hydrogen-bond acceptors (Lipinski definition) is 6. The van der Waals surface area contributed by atoms with Gasteiger partial charge in [-0.15, -0.1) is 0 Å². The largest absolute Gasteiger partial charge is 0.490 e. The molecule has 7 heteroatoms. The van der Waals surface area contributed by atoms with Crippen LogP contribution in [-0.4, -0.2) is 36.5 Å². The highest BCUT2D eigenvalue weighted by atomic mass is 16.6. The highest BCUT2D eigenvalue weighted by molar-refractivity contribution is 6.01. The molecule has 1 aromatic carbocycles. The number of carbonyl (C=O) groups excluding carboxylic acids is 1. The molecule has 0 spiro atoms. The molecule has 22 heavy (non-hydrogen) atoms. The van der Waals surface area contributed by atoms with Gasteiger partial charge in [0.25, 0.3) is 0 Å². The van der Waals surface area contributed by atoms with Crippen molar-refractivity contribution < 1.29 is 19.2 Å². The van der Waals surface area contributed by atoms with Gasteiger partial charge in [-0.3, -0.25) is 14.9 Å². The first-order chi connectivity index (χ1) is 10.6. The number of nitro groups is 1.